The minimum absolute atomic E-state index is 0. The molecule has 1 rings (SSSR count). The standard InChI is InChI=1S/C21H36ClP.Pd/c1-15(2)17-11-18(16(3)4)13-19(12-17)23(14-22,20(5,6)7)21(8,9)10;/h11-16H,1-10H3;. The molecule has 0 nitrogen and oxygen atoms in total. The van der Waals surface area contributed by atoms with Gasteiger partial charge in [0.15, 0.2) is 0 Å². The van der Waals surface area contributed by atoms with Crippen LogP contribution in [0.1, 0.15) is 92.2 Å². The molecule has 142 valence electrons. The summed E-state index contributed by atoms with van der Waals surface area (Å²) in [6.45, 7) is 23.2. The molecule has 0 heterocycles. The van der Waals surface area contributed by atoms with Crippen molar-refractivity contribution in [3.05, 3.63) is 34.9 Å². The minimum atomic E-state index is -1.69. The number of benzene rings is 1. The molecule has 1 aromatic rings. The van der Waals surface area contributed by atoms with Crippen LogP contribution < -0.4 is 5.30 Å². The van der Waals surface area contributed by atoms with Crippen molar-refractivity contribution in [3.63, 3.8) is 0 Å². The summed E-state index contributed by atoms with van der Waals surface area (Å²) >= 11 is 6.62. The maximum Gasteiger partial charge on any atom is 0.0675 e. The van der Waals surface area contributed by atoms with Gasteiger partial charge in [-0.05, 0) is 76.6 Å². The predicted octanol–water partition coefficient (Wildman–Crippen LogP) is 7.53. The van der Waals surface area contributed by atoms with E-state index in [1.54, 1.807) is 0 Å². The van der Waals surface area contributed by atoms with E-state index in [1.165, 1.54) is 16.4 Å². The summed E-state index contributed by atoms with van der Waals surface area (Å²) in [5, 5.41) is 1.73. The molecule has 0 aliphatic rings. The SMILES string of the molecule is CC(C)c1cc(C(C)C)cc([P+]([CH-]Cl)(C(C)(C)C)C(C)(C)C)c1.[Pd]. The molecule has 0 unspecified atom stereocenters. The van der Waals surface area contributed by atoms with Gasteiger partial charge in [0.2, 0.25) is 0 Å². The number of halogens is 1. The van der Waals surface area contributed by atoms with Crippen LogP contribution in [-0.4, -0.2) is 10.3 Å². The van der Waals surface area contributed by atoms with Gasteiger partial charge in [0, 0.05) is 20.4 Å². The first-order chi connectivity index (χ1) is 10.3. The Morgan fingerprint density at radius 1 is 0.792 bits per heavy atom. The van der Waals surface area contributed by atoms with Crippen molar-refractivity contribution >= 4 is 24.2 Å². The molecule has 0 radical (unpaired) electrons. The van der Waals surface area contributed by atoms with Crippen LogP contribution in [0.2, 0.25) is 0 Å². The van der Waals surface area contributed by atoms with Gasteiger partial charge in [-0.1, -0.05) is 46.6 Å². The van der Waals surface area contributed by atoms with Gasteiger partial charge in [-0.15, -0.1) is 0 Å². The van der Waals surface area contributed by atoms with Crippen LogP contribution in [0.15, 0.2) is 18.2 Å². The first-order valence-electron chi connectivity index (χ1n) is 8.77. The van der Waals surface area contributed by atoms with Crippen molar-refractivity contribution in [2.24, 2.45) is 0 Å². The van der Waals surface area contributed by atoms with Crippen molar-refractivity contribution in [3.8, 4) is 0 Å². The molecule has 0 fully saturated rings. The van der Waals surface area contributed by atoms with E-state index in [4.69, 9.17) is 11.6 Å². The van der Waals surface area contributed by atoms with Crippen molar-refractivity contribution in [1.29, 1.82) is 0 Å². The van der Waals surface area contributed by atoms with E-state index < -0.39 is 7.26 Å². The molecule has 0 spiro atoms. The molecule has 0 aromatic heterocycles. The van der Waals surface area contributed by atoms with Crippen LogP contribution in [0.25, 0.3) is 0 Å². The zero-order valence-electron chi connectivity index (χ0n) is 17.1. The third-order valence-corrected chi connectivity index (χ3v) is 11.4. The Bertz CT molecular complexity index is 496. The fraction of sp³-hybridized carbons (Fsp3) is 0.667. The van der Waals surface area contributed by atoms with E-state index >= 15 is 0 Å². The average Bonchev–Trinajstić information content (AvgIpc) is 2.36. The maximum atomic E-state index is 6.62. The molecular formula is C21H36ClPPd. The summed E-state index contributed by atoms with van der Waals surface area (Å²) in [6.07, 6.45) is 0. The zero-order valence-corrected chi connectivity index (χ0v) is 20.3. The van der Waals surface area contributed by atoms with Gasteiger partial charge in [-0.3, -0.25) is 0 Å². The Kier molecular flexibility index (Phi) is 8.74. The first-order valence-corrected chi connectivity index (χ1v) is 11.1. The Morgan fingerprint density at radius 3 is 1.33 bits per heavy atom. The third-order valence-electron chi connectivity index (χ3n) is 4.97. The van der Waals surface area contributed by atoms with Gasteiger partial charge in [0.05, 0.1) is 15.6 Å². The van der Waals surface area contributed by atoms with Crippen molar-refractivity contribution in [2.45, 2.75) is 91.4 Å². The van der Waals surface area contributed by atoms with Crippen LogP contribution in [0.4, 0.5) is 0 Å². The van der Waals surface area contributed by atoms with E-state index in [0.717, 1.165) is 0 Å². The summed E-state index contributed by atoms with van der Waals surface area (Å²) < 4.78 is 0. The van der Waals surface area contributed by atoms with Gasteiger partial charge in [-0.25, -0.2) is 0 Å². The van der Waals surface area contributed by atoms with Crippen LogP contribution in [0.5, 0.6) is 0 Å². The van der Waals surface area contributed by atoms with E-state index in [1.807, 2.05) is 5.62 Å². The van der Waals surface area contributed by atoms with E-state index in [0.29, 0.717) is 11.8 Å². The normalized spacial score (nSPS) is 13.4. The van der Waals surface area contributed by atoms with Gasteiger partial charge >= 0.3 is 0 Å². The minimum Gasteiger partial charge on any atom is -0.304 e. The third kappa shape index (κ3) is 4.65. The fourth-order valence-electron chi connectivity index (χ4n) is 3.66. The van der Waals surface area contributed by atoms with Crippen LogP contribution in [0.3, 0.4) is 0 Å². The molecular weight excluding hydrogens is 425 g/mol. The molecule has 0 saturated heterocycles. The molecule has 0 bridgehead atoms. The summed E-state index contributed by atoms with van der Waals surface area (Å²) in [6, 6.07) is 7.24. The number of hydrogen-bond donors (Lipinski definition) is 0. The Morgan fingerprint density at radius 2 is 1.12 bits per heavy atom. The van der Waals surface area contributed by atoms with Crippen LogP contribution >= 0.6 is 18.9 Å². The number of rotatable bonds is 4. The van der Waals surface area contributed by atoms with E-state index in [-0.39, 0.29) is 30.7 Å². The Hall–Kier alpha value is 0.602. The molecule has 0 amide bonds. The van der Waals surface area contributed by atoms with Gasteiger partial charge in [-0.2, -0.15) is 0 Å². The molecule has 0 saturated carbocycles. The van der Waals surface area contributed by atoms with E-state index in [9.17, 15) is 0 Å². The fourth-order valence-corrected chi connectivity index (χ4v) is 10.7. The molecule has 0 N–H and O–H groups in total. The van der Waals surface area contributed by atoms with Gasteiger partial charge in [0.25, 0.3) is 0 Å². The maximum absolute atomic E-state index is 6.62. The number of hydrogen-bond acceptors (Lipinski definition) is 0. The average molecular weight is 461 g/mol. The molecule has 1 aromatic carbocycles. The van der Waals surface area contributed by atoms with Crippen molar-refractivity contribution < 1.29 is 20.4 Å². The zero-order chi connectivity index (χ0) is 18.2. The molecule has 0 atom stereocenters. The molecule has 24 heavy (non-hydrogen) atoms. The van der Waals surface area contributed by atoms with Crippen molar-refractivity contribution in [1.82, 2.24) is 0 Å². The first kappa shape index (κ1) is 24.6. The summed E-state index contributed by atoms with van der Waals surface area (Å²) in [5.41, 5.74) is 4.90. The predicted molar refractivity (Wildman–Crippen MR) is 111 cm³/mol. The van der Waals surface area contributed by atoms with E-state index in [2.05, 4.69) is 87.4 Å². The summed E-state index contributed by atoms with van der Waals surface area (Å²) in [7, 11) is -1.69. The second kappa shape index (κ2) is 8.53. The van der Waals surface area contributed by atoms with Gasteiger partial charge in [0.1, 0.15) is 0 Å². The molecule has 0 aliphatic carbocycles. The molecule has 3 heteroatoms. The second-order valence-electron chi connectivity index (χ2n) is 9.33. The second-order valence-corrected chi connectivity index (χ2v) is 14.8. The van der Waals surface area contributed by atoms with Gasteiger partial charge < -0.3 is 11.6 Å². The monoisotopic (exact) mass is 460 g/mol. The summed E-state index contributed by atoms with van der Waals surface area (Å²) in [4.78, 5) is 0. The van der Waals surface area contributed by atoms with Crippen LogP contribution in [0, 0.1) is 5.62 Å². The Labute approximate surface area is 170 Å². The van der Waals surface area contributed by atoms with Crippen molar-refractivity contribution in [2.75, 3.05) is 0 Å². The smallest absolute Gasteiger partial charge is 0.0675 e. The summed E-state index contributed by atoms with van der Waals surface area (Å²) in [5.74, 6) is 1.06. The topological polar surface area (TPSA) is 0 Å². The van der Waals surface area contributed by atoms with Crippen LogP contribution in [-0.2, 0) is 20.4 Å². The Balaban J connectivity index is 0.00000529. The largest absolute Gasteiger partial charge is 0.304 e. The quantitative estimate of drug-likeness (QED) is 0.247. The molecule has 0 aliphatic heterocycles.